The fraction of sp³-hybridized carbons (Fsp3) is 0.800. The number of rotatable bonds is 3. The summed E-state index contributed by atoms with van der Waals surface area (Å²) in [5.41, 5.74) is 0. The van der Waals surface area contributed by atoms with E-state index in [2.05, 4.69) is 0 Å². The van der Waals surface area contributed by atoms with Crippen molar-refractivity contribution >= 4 is 11.9 Å². The smallest absolute Gasteiger partial charge is 0.303 e. The highest BCUT2D eigenvalue weighted by molar-refractivity contribution is 5.80. The van der Waals surface area contributed by atoms with Gasteiger partial charge in [0.05, 0.1) is 12.5 Å². The molecule has 0 aromatic heterocycles. The fourth-order valence-corrected chi connectivity index (χ4v) is 2.44. The zero-order valence-corrected chi connectivity index (χ0v) is 8.43. The lowest BCUT2D eigenvalue weighted by molar-refractivity contribution is -0.152. The maximum atomic E-state index is 11.6. The van der Waals surface area contributed by atoms with E-state index in [-0.39, 0.29) is 36.7 Å². The molecule has 84 valence electrons. The SMILES string of the molecule is O=C(O)CCC(=O)N1C[C@H]2C[C@@H](C1)C2O. The van der Waals surface area contributed by atoms with E-state index in [0.717, 1.165) is 6.42 Å². The number of aliphatic carboxylic acids is 1. The Kier molecular flexibility index (Phi) is 2.65. The molecule has 0 radical (unpaired) electrons. The van der Waals surface area contributed by atoms with Crippen LogP contribution >= 0.6 is 0 Å². The monoisotopic (exact) mass is 213 g/mol. The zero-order chi connectivity index (χ0) is 11.0. The summed E-state index contributed by atoms with van der Waals surface area (Å²) in [6.45, 7) is 1.19. The van der Waals surface area contributed by atoms with Crippen molar-refractivity contribution in [1.29, 1.82) is 0 Å². The largest absolute Gasteiger partial charge is 0.481 e. The minimum atomic E-state index is -0.939. The third-order valence-electron chi connectivity index (χ3n) is 3.39. The van der Waals surface area contributed by atoms with Crippen molar-refractivity contribution in [3.63, 3.8) is 0 Å². The number of fused-ring (bicyclic) bond motifs is 2. The number of nitrogens with zero attached hydrogens (tertiary/aromatic N) is 1. The van der Waals surface area contributed by atoms with Gasteiger partial charge in [-0.25, -0.2) is 0 Å². The lowest BCUT2D eigenvalue weighted by Crippen LogP contribution is -2.59. The zero-order valence-electron chi connectivity index (χ0n) is 8.43. The Hall–Kier alpha value is -1.10. The first-order valence-electron chi connectivity index (χ1n) is 5.25. The molecule has 3 fully saturated rings. The summed E-state index contributed by atoms with van der Waals surface area (Å²) < 4.78 is 0. The van der Waals surface area contributed by atoms with Gasteiger partial charge in [-0.1, -0.05) is 0 Å². The second-order valence-corrected chi connectivity index (χ2v) is 4.44. The standard InChI is InChI=1S/C10H15NO4/c12-8(1-2-9(13)14)11-4-6-3-7(5-11)10(6)15/h6-7,10,15H,1-5H2,(H,13,14)/t6-,7+,10?. The van der Waals surface area contributed by atoms with E-state index in [1.54, 1.807) is 4.90 Å². The second kappa shape index (κ2) is 3.81. The highest BCUT2D eigenvalue weighted by Crippen LogP contribution is 2.39. The van der Waals surface area contributed by atoms with Crippen molar-refractivity contribution < 1.29 is 19.8 Å². The van der Waals surface area contributed by atoms with E-state index in [0.29, 0.717) is 13.1 Å². The number of hydrogen-bond donors (Lipinski definition) is 2. The number of hydrogen-bond acceptors (Lipinski definition) is 3. The van der Waals surface area contributed by atoms with Gasteiger partial charge in [-0.15, -0.1) is 0 Å². The van der Waals surface area contributed by atoms with Crippen LogP contribution in [0.1, 0.15) is 19.3 Å². The van der Waals surface area contributed by atoms with Crippen molar-refractivity contribution in [3.05, 3.63) is 0 Å². The molecule has 0 spiro atoms. The molecule has 2 N–H and O–H groups in total. The summed E-state index contributed by atoms with van der Waals surface area (Å²) in [5.74, 6) is -0.598. The highest BCUT2D eigenvalue weighted by atomic mass is 16.4. The topological polar surface area (TPSA) is 77.8 Å². The van der Waals surface area contributed by atoms with E-state index in [4.69, 9.17) is 5.11 Å². The Morgan fingerprint density at radius 1 is 1.20 bits per heavy atom. The van der Waals surface area contributed by atoms with E-state index in [9.17, 15) is 14.7 Å². The summed E-state index contributed by atoms with van der Waals surface area (Å²) >= 11 is 0. The number of amides is 1. The molecule has 3 rings (SSSR count). The van der Waals surface area contributed by atoms with Gasteiger partial charge in [0.15, 0.2) is 0 Å². The summed E-state index contributed by atoms with van der Waals surface area (Å²) in [6, 6.07) is 0. The third kappa shape index (κ3) is 1.97. The number of carboxylic acid groups (broad SMARTS) is 1. The van der Waals surface area contributed by atoms with Gasteiger partial charge in [-0.3, -0.25) is 9.59 Å². The summed E-state index contributed by atoms with van der Waals surface area (Å²) in [5, 5.41) is 18.0. The van der Waals surface area contributed by atoms with Gasteiger partial charge in [0.1, 0.15) is 0 Å². The Morgan fingerprint density at radius 3 is 2.27 bits per heavy atom. The van der Waals surface area contributed by atoms with Crippen molar-refractivity contribution in [3.8, 4) is 0 Å². The van der Waals surface area contributed by atoms with Crippen LogP contribution in [0.15, 0.2) is 0 Å². The molecule has 0 aromatic rings. The number of aliphatic hydroxyl groups is 1. The van der Waals surface area contributed by atoms with Crippen LogP contribution in [0, 0.1) is 11.8 Å². The van der Waals surface area contributed by atoms with Crippen LogP contribution in [0.5, 0.6) is 0 Å². The Bertz CT molecular complexity index is 279. The van der Waals surface area contributed by atoms with Crippen molar-refractivity contribution in [2.75, 3.05) is 13.1 Å². The lowest BCUT2D eigenvalue weighted by Gasteiger charge is -2.51. The minimum absolute atomic E-state index is 0.0743. The van der Waals surface area contributed by atoms with Crippen molar-refractivity contribution in [2.24, 2.45) is 11.8 Å². The number of carbonyl (C=O) groups is 2. The van der Waals surface area contributed by atoms with Gasteiger partial charge in [0.25, 0.3) is 0 Å². The van der Waals surface area contributed by atoms with Crippen molar-refractivity contribution in [1.82, 2.24) is 4.90 Å². The van der Waals surface area contributed by atoms with Crippen LogP contribution in [0.4, 0.5) is 0 Å². The molecule has 15 heavy (non-hydrogen) atoms. The molecule has 2 bridgehead atoms. The molecule has 3 aliphatic rings. The van der Waals surface area contributed by atoms with Gasteiger partial charge in [-0.05, 0) is 6.42 Å². The molecule has 1 amide bonds. The molecule has 1 saturated carbocycles. The fourth-order valence-electron chi connectivity index (χ4n) is 2.44. The highest BCUT2D eigenvalue weighted by Gasteiger charge is 2.46. The predicted octanol–water partition coefficient (Wildman–Crippen LogP) is -0.310. The normalized spacial score (nSPS) is 33.4. The number of piperidine rings is 2. The molecular weight excluding hydrogens is 198 g/mol. The van der Waals surface area contributed by atoms with Gasteiger partial charge in [0.2, 0.25) is 5.91 Å². The first kappa shape index (κ1) is 10.4. The molecule has 3 atom stereocenters. The molecule has 1 unspecified atom stereocenters. The molecule has 5 nitrogen and oxygen atoms in total. The maximum absolute atomic E-state index is 11.6. The van der Waals surface area contributed by atoms with Crippen LogP contribution in [0.2, 0.25) is 0 Å². The molecular formula is C10H15NO4. The first-order valence-corrected chi connectivity index (χ1v) is 5.25. The Labute approximate surface area is 87.7 Å². The van der Waals surface area contributed by atoms with Gasteiger partial charge < -0.3 is 15.1 Å². The molecule has 5 heteroatoms. The molecule has 2 heterocycles. The van der Waals surface area contributed by atoms with Crippen molar-refractivity contribution in [2.45, 2.75) is 25.4 Å². The summed E-state index contributed by atoms with van der Waals surface area (Å²) in [7, 11) is 0. The average molecular weight is 213 g/mol. The summed E-state index contributed by atoms with van der Waals surface area (Å²) in [4.78, 5) is 23.5. The maximum Gasteiger partial charge on any atom is 0.303 e. The van der Waals surface area contributed by atoms with E-state index < -0.39 is 5.97 Å². The molecule has 2 aliphatic heterocycles. The molecule has 2 saturated heterocycles. The number of carbonyl (C=O) groups excluding carboxylic acids is 1. The van der Waals surface area contributed by atoms with Crippen LogP contribution in [-0.2, 0) is 9.59 Å². The van der Waals surface area contributed by atoms with Gasteiger partial charge >= 0.3 is 5.97 Å². The third-order valence-corrected chi connectivity index (χ3v) is 3.39. The van der Waals surface area contributed by atoms with Crippen LogP contribution in [0.3, 0.4) is 0 Å². The van der Waals surface area contributed by atoms with E-state index in [1.807, 2.05) is 0 Å². The van der Waals surface area contributed by atoms with Gasteiger partial charge in [-0.2, -0.15) is 0 Å². The van der Waals surface area contributed by atoms with E-state index in [1.165, 1.54) is 0 Å². The Morgan fingerprint density at radius 2 is 1.80 bits per heavy atom. The van der Waals surface area contributed by atoms with E-state index >= 15 is 0 Å². The number of carboxylic acids is 1. The second-order valence-electron chi connectivity index (χ2n) is 4.44. The lowest BCUT2D eigenvalue weighted by atomic mass is 9.68. The van der Waals surface area contributed by atoms with Gasteiger partial charge in [0, 0.05) is 31.3 Å². The quantitative estimate of drug-likeness (QED) is 0.674. The van der Waals surface area contributed by atoms with Crippen LogP contribution < -0.4 is 0 Å². The molecule has 0 aromatic carbocycles. The minimum Gasteiger partial charge on any atom is -0.481 e. The molecule has 1 aliphatic carbocycles. The average Bonchev–Trinajstić information content (AvgIpc) is 2.25. The van der Waals surface area contributed by atoms with Crippen LogP contribution in [-0.4, -0.2) is 46.2 Å². The predicted molar refractivity (Wildman–Crippen MR) is 51.1 cm³/mol. The number of aliphatic hydroxyl groups excluding tert-OH is 1. The first-order chi connectivity index (χ1) is 7.08. The van der Waals surface area contributed by atoms with Crippen LogP contribution in [0.25, 0.3) is 0 Å². The summed E-state index contributed by atoms with van der Waals surface area (Å²) in [6.07, 6.45) is 0.732. The Balaban J connectivity index is 1.80.